The highest BCUT2D eigenvalue weighted by Crippen LogP contribution is 2.43. The van der Waals surface area contributed by atoms with E-state index in [2.05, 4.69) is 0 Å². The molecule has 0 bridgehead atoms. The summed E-state index contributed by atoms with van der Waals surface area (Å²) in [5.41, 5.74) is 3.59. The second kappa shape index (κ2) is 4.71. The fourth-order valence-corrected chi connectivity index (χ4v) is 2.73. The Balaban J connectivity index is 1.98. The van der Waals surface area contributed by atoms with Crippen LogP contribution in [0.3, 0.4) is 0 Å². The van der Waals surface area contributed by atoms with Gasteiger partial charge in [-0.05, 0) is 18.6 Å². The van der Waals surface area contributed by atoms with Gasteiger partial charge in [0.25, 0.3) is 0 Å². The molecule has 0 N–H and O–H groups in total. The van der Waals surface area contributed by atoms with Crippen LogP contribution in [0.5, 0.6) is 0 Å². The van der Waals surface area contributed by atoms with Crippen molar-refractivity contribution in [1.29, 1.82) is 0 Å². The Hall–Kier alpha value is -1.80. The van der Waals surface area contributed by atoms with Gasteiger partial charge < -0.3 is 4.74 Å². The van der Waals surface area contributed by atoms with Gasteiger partial charge in [-0.3, -0.25) is 0 Å². The van der Waals surface area contributed by atoms with Gasteiger partial charge in [0.15, 0.2) is 0 Å². The summed E-state index contributed by atoms with van der Waals surface area (Å²) in [4.78, 5) is 11.8. The molecule has 0 saturated carbocycles. The van der Waals surface area contributed by atoms with Crippen molar-refractivity contribution < 1.29 is 9.53 Å². The summed E-state index contributed by atoms with van der Waals surface area (Å²) in [6, 6.07) is 15.4. The standard InChI is InChI=1S/C16H13ClO2/c1-10-5-4-6-11(9-10)14(17)15-12-7-2-3-8-13(12)16(18)19-15/h2-9,14-15H,1H3. The minimum atomic E-state index is -0.410. The third kappa shape index (κ3) is 2.13. The van der Waals surface area contributed by atoms with E-state index in [1.807, 2.05) is 49.4 Å². The number of cyclic esters (lactones) is 1. The SMILES string of the molecule is Cc1cccc(C(Cl)C2OC(=O)c3ccccc32)c1. The highest BCUT2D eigenvalue weighted by Gasteiger charge is 2.36. The fourth-order valence-electron chi connectivity index (χ4n) is 2.41. The lowest BCUT2D eigenvalue weighted by Crippen LogP contribution is -2.06. The smallest absolute Gasteiger partial charge is 0.339 e. The van der Waals surface area contributed by atoms with Crippen molar-refractivity contribution in [3.8, 4) is 0 Å². The number of carbonyl (C=O) groups is 1. The molecule has 2 aromatic rings. The number of esters is 1. The first-order chi connectivity index (χ1) is 9.16. The number of fused-ring (bicyclic) bond motifs is 1. The highest BCUT2D eigenvalue weighted by molar-refractivity contribution is 6.21. The van der Waals surface area contributed by atoms with E-state index in [9.17, 15) is 4.79 Å². The first-order valence-electron chi connectivity index (χ1n) is 6.17. The monoisotopic (exact) mass is 272 g/mol. The topological polar surface area (TPSA) is 26.3 Å². The van der Waals surface area contributed by atoms with Gasteiger partial charge in [0.1, 0.15) is 6.10 Å². The summed E-state index contributed by atoms with van der Waals surface area (Å²) in [6.45, 7) is 2.02. The van der Waals surface area contributed by atoms with Crippen molar-refractivity contribution in [3.63, 3.8) is 0 Å². The van der Waals surface area contributed by atoms with Crippen molar-refractivity contribution in [2.24, 2.45) is 0 Å². The summed E-state index contributed by atoms with van der Waals surface area (Å²) in [5.74, 6) is -0.293. The molecule has 3 rings (SSSR count). The predicted molar refractivity (Wildman–Crippen MR) is 74.4 cm³/mol. The van der Waals surface area contributed by atoms with Crippen LogP contribution in [0.15, 0.2) is 48.5 Å². The maximum absolute atomic E-state index is 11.8. The molecule has 1 aliphatic rings. The van der Waals surface area contributed by atoms with E-state index in [1.165, 1.54) is 0 Å². The second-order valence-corrected chi connectivity index (χ2v) is 5.20. The van der Waals surface area contributed by atoms with Crippen molar-refractivity contribution in [1.82, 2.24) is 0 Å². The molecule has 0 fully saturated rings. The summed E-state index contributed by atoms with van der Waals surface area (Å²) in [6.07, 6.45) is -0.410. The molecule has 2 unspecified atom stereocenters. The number of halogens is 1. The van der Waals surface area contributed by atoms with Crippen LogP contribution in [0.1, 0.15) is 38.5 Å². The van der Waals surface area contributed by atoms with E-state index >= 15 is 0 Å². The normalized spacial score (nSPS) is 18.8. The van der Waals surface area contributed by atoms with Crippen molar-refractivity contribution in [2.45, 2.75) is 18.4 Å². The number of hydrogen-bond donors (Lipinski definition) is 0. The second-order valence-electron chi connectivity index (χ2n) is 4.73. The van der Waals surface area contributed by atoms with Crippen LogP contribution in [0.2, 0.25) is 0 Å². The van der Waals surface area contributed by atoms with Gasteiger partial charge in [-0.2, -0.15) is 0 Å². The third-order valence-corrected chi connectivity index (χ3v) is 3.83. The van der Waals surface area contributed by atoms with Crippen molar-refractivity contribution >= 4 is 17.6 Å². The van der Waals surface area contributed by atoms with Crippen molar-refractivity contribution in [2.75, 3.05) is 0 Å². The molecule has 0 amide bonds. The zero-order valence-electron chi connectivity index (χ0n) is 10.5. The van der Waals surface area contributed by atoms with E-state index in [0.29, 0.717) is 5.56 Å². The molecule has 0 radical (unpaired) electrons. The maximum Gasteiger partial charge on any atom is 0.339 e. The summed E-state index contributed by atoms with van der Waals surface area (Å²) >= 11 is 6.50. The predicted octanol–water partition coefficient (Wildman–Crippen LogP) is 4.19. The van der Waals surface area contributed by atoms with Crippen LogP contribution >= 0.6 is 11.6 Å². The molecule has 0 spiro atoms. The molecular weight excluding hydrogens is 260 g/mol. The third-order valence-electron chi connectivity index (χ3n) is 3.35. The summed E-state index contributed by atoms with van der Waals surface area (Å²) in [7, 11) is 0. The van der Waals surface area contributed by atoms with Crippen molar-refractivity contribution in [3.05, 3.63) is 70.8 Å². The quantitative estimate of drug-likeness (QED) is 0.605. The minimum Gasteiger partial charge on any atom is -0.452 e. The molecular formula is C16H13ClO2. The number of alkyl halides is 1. The average molecular weight is 273 g/mol. The Labute approximate surface area is 117 Å². The highest BCUT2D eigenvalue weighted by atomic mass is 35.5. The number of rotatable bonds is 2. The Bertz CT molecular complexity index is 636. The van der Waals surface area contributed by atoms with Gasteiger partial charge in [0, 0.05) is 5.56 Å². The zero-order valence-corrected chi connectivity index (χ0v) is 11.2. The first kappa shape index (κ1) is 12.2. The number of benzene rings is 2. The molecule has 19 heavy (non-hydrogen) atoms. The largest absolute Gasteiger partial charge is 0.452 e. The number of aryl methyl sites for hydroxylation is 1. The molecule has 3 heteroatoms. The van der Waals surface area contributed by atoms with Crippen LogP contribution < -0.4 is 0 Å². The number of ether oxygens (including phenoxy) is 1. The minimum absolute atomic E-state index is 0.293. The lowest BCUT2D eigenvalue weighted by Gasteiger charge is -2.18. The Kier molecular flexibility index (Phi) is 3.03. The Morgan fingerprint density at radius 3 is 2.74 bits per heavy atom. The molecule has 0 aromatic heterocycles. The van der Waals surface area contributed by atoms with E-state index in [4.69, 9.17) is 16.3 Å². The average Bonchev–Trinajstić information content (AvgIpc) is 2.76. The molecule has 96 valence electrons. The molecule has 2 aromatic carbocycles. The Morgan fingerprint density at radius 1 is 1.16 bits per heavy atom. The van der Waals surface area contributed by atoms with Crippen LogP contribution in [0.4, 0.5) is 0 Å². The summed E-state index contributed by atoms with van der Waals surface area (Å²) in [5, 5.41) is -0.368. The summed E-state index contributed by atoms with van der Waals surface area (Å²) < 4.78 is 5.42. The molecule has 1 aliphatic heterocycles. The number of hydrogen-bond acceptors (Lipinski definition) is 2. The van der Waals surface area contributed by atoms with Gasteiger partial charge >= 0.3 is 5.97 Å². The molecule has 2 atom stereocenters. The van der Waals surface area contributed by atoms with E-state index in [-0.39, 0.29) is 11.3 Å². The van der Waals surface area contributed by atoms with E-state index in [1.54, 1.807) is 6.07 Å². The zero-order chi connectivity index (χ0) is 13.4. The number of carbonyl (C=O) groups excluding carboxylic acids is 1. The van der Waals surface area contributed by atoms with Gasteiger partial charge in [0.2, 0.25) is 0 Å². The van der Waals surface area contributed by atoms with Gasteiger partial charge in [-0.25, -0.2) is 4.79 Å². The van der Waals surface area contributed by atoms with E-state index in [0.717, 1.165) is 16.7 Å². The Morgan fingerprint density at radius 2 is 1.95 bits per heavy atom. The van der Waals surface area contributed by atoms with Gasteiger partial charge in [0.05, 0.1) is 10.9 Å². The fraction of sp³-hybridized carbons (Fsp3) is 0.188. The molecule has 1 heterocycles. The van der Waals surface area contributed by atoms with Crippen LogP contribution in [-0.2, 0) is 4.74 Å². The van der Waals surface area contributed by atoms with E-state index < -0.39 is 6.10 Å². The van der Waals surface area contributed by atoms with Gasteiger partial charge in [-0.15, -0.1) is 11.6 Å². The van der Waals surface area contributed by atoms with Crippen LogP contribution in [-0.4, -0.2) is 5.97 Å². The van der Waals surface area contributed by atoms with Gasteiger partial charge in [-0.1, -0.05) is 48.0 Å². The lowest BCUT2D eigenvalue weighted by molar-refractivity contribution is 0.0376. The lowest BCUT2D eigenvalue weighted by atomic mass is 9.98. The maximum atomic E-state index is 11.8. The molecule has 0 aliphatic carbocycles. The van der Waals surface area contributed by atoms with Crippen LogP contribution in [0.25, 0.3) is 0 Å². The molecule has 2 nitrogen and oxygen atoms in total. The first-order valence-corrected chi connectivity index (χ1v) is 6.61. The molecule has 0 saturated heterocycles. The van der Waals surface area contributed by atoms with Crippen LogP contribution in [0, 0.1) is 6.92 Å².